The first-order valence-electron chi connectivity index (χ1n) is 10.2. The van der Waals surface area contributed by atoms with E-state index in [-0.39, 0.29) is 18.5 Å². The Labute approximate surface area is 188 Å². The zero-order valence-electron chi connectivity index (χ0n) is 17.3. The smallest absolute Gasteiger partial charge is 0.251 e. The van der Waals surface area contributed by atoms with Crippen LogP contribution in [0.25, 0.3) is 11.4 Å². The number of ether oxygens (including phenoxy) is 3. The zero-order valence-corrected chi connectivity index (χ0v) is 17.3. The van der Waals surface area contributed by atoms with Crippen molar-refractivity contribution in [3.8, 4) is 34.5 Å². The van der Waals surface area contributed by atoms with Crippen molar-refractivity contribution >= 4 is 5.91 Å². The molecule has 2 heterocycles. The lowest BCUT2D eigenvalue weighted by atomic mass is 10.1. The molecule has 1 N–H and O–H groups in total. The van der Waals surface area contributed by atoms with Gasteiger partial charge in [-0.05, 0) is 60.2 Å². The minimum absolute atomic E-state index is 0.204. The van der Waals surface area contributed by atoms with Crippen molar-refractivity contribution in [1.82, 2.24) is 15.3 Å². The number of hydrogen-bond donors (Lipinski definition) is 1. The first kappa shape index (κ1) is 20.4. The van der Waals surface area contributed by atoms with Crippen LogP contribution in [0.3, 0.4) is 0 Å². The first-order valence-corrected chi connectivity index (χ1v) is 10.2. The van der Waals surface area contributed by atoms with Gasteiger partial charge in [0.15, 0.2) is 17.3 Å². The maximum Gasteiger partial charge on any atom is 0.251 e. The predicted molar refractivity (Wildman–Crippen MR) is 118 cm³/mol. The van der Waals surface area contributed by atoms with Crippen molar-refractivity contribution < 1.29 is 23.4 Å². The maximum absolute atomic E-state index is 13.2. The number of amides is 1. The number of nitrogens with one attached hydrogen (secondary N) is 1. The van der Waals surface area contributed by atoms with Crippen LogP contribution in [0.1, 0.15) is 15.9 Å². The van der Waals surface area contributed by atoms with E-state index in [1.54, 1.807) is 48.7 Å². The van der Waals surface area contributed by atoms with Crippen molar-refractivity contribution in [2.75, 3.05) is 6.79 Å². The Balaban J connectivity index is 1.26. The van der Waals surface area contributed by atoms with Gasteiger partial charge in [-0.1, -0.05) is 12.1 Å². The molecule has 0 atom stereocenters. The van der Waals surface area contributed by atoms with Gasteiger partial charge in [-0.25, -0.2) is 9.37 Å². The summed E-state index contributed by atoms with van der Waals surface area (Å²) in [6, 6.07) is 19.8. The van der Waals surface area contributed by atoms with E-state index in [0.717, 1.165) is 5.56 Å². The van der Waals surface area contributed by atoms with Gasteiger partial charge in [-0.2, -0.15) is 4.98 Å². The molecule has 0 unspecified atom stereocenters. The molecule has 164 valence electrons. The molecule has 4 aromatic rings. The van der Waals surface area contributed by atoms with Gasteiger partial charge >= 0.3 is 0 Å². The van der Waals surface area contributed by atoms with Crippen molar-refractivity contribution in [3.05, 3.63) is 95.9 Å². The second kappa shape index (κ2) is 8.96. The summed E-state index contributed by atoms with van der Waals surface area (Å²) in [4.78, 5) is 21.2. The molecule has 1 aliphatic heterocycles. The average molecular weight is 443 g/mol. The van der Waals surface area contributed by atoms with Crippen LogP contribution in [-0.2, 0) is 6.54 Å². The van der Waals surface area contributed by atoms with Crippen LogP contribution in [0.2, 0.25) is 0 Å². The molecular weight excluding hydrogens is 425 g/mol. The van der Waals surface area contributed by atoms with Crippen molar-refractivity contribution in [1.29, 1.82) is 0 Å². The third kappa shape index (κ3) is 4.74. The molecule has 0 saturated carbocycles. The summed E-state index contributed by atoms with van der Waals surface area (Å²) in [7, 11) is 0. The highest BCUT2D eigenvalue weighted by atomic mass is 19.1. The number of halogens is 1. The lowest BCUT2D eigenvalue weighted by Crippen LogP contribution is -2.22. The number of carbonyl (C=O) groups is 1. The monoisotopic (exact) mass is 443 g/mol. The fraction of sp³-hybridized carbons (Fsp3) is 0.0800. The molecule has 1 aliphatic rings. The average Bonchev–Trinajstić information content (AvgIpc) is 3.31. The molecule has 0 fully saturated rings. The van der Waals surface area contributed by atoms with Crippen LogP contribution in [0.15, 0.2) is 79.0 Å². The molecule has 0 aliphatic carbocycles. The van der Waals surface area contributed by atoms with E-state index >= 15 is 0 Å². The van der Waals surface area contributed by atoms with E-state index in [9.17, 15) is 9.18 Å². The first-order chi connectivity index (χ1) is 16.1. The third-order valence-electron chi connectivity index (χ3n) is 4.94. The fourth-order valence-corrected chi connectivity index (χ4v) is 3.29. The Kier molecular flexibility index (Phi) is 5.55. The van der Waals surface area contributed by atoms with E-state index in [2.05, 4.69) is 15.3 Å². The third-order valence-corrected chi connectivity index (χ3v) is 4.94. The number of nitrogens with zero attached hydrogens (tertiary/aromatic N) is 2. The highest BCUT2D eigenvalue weighted by Crippen LogP contribution is 2.32. The summed E-state index contributed by atoms with van der Waals surface area (Å²) in [5.74, 6) is 1.96. The molecule has 7 nitrogen and oxygen atoms in total. The molecule has 0 bridgehead atoms. The second-order valence-corrected chi connectivity index (χ2v) is 7.23. The fourth-order valence-electron chi connectivity index (χ4n) is 3.29. The zero-order chi connectivity index (χ0) is 22.6. The topological polar surface area (TPSA) is 82.6 Å². The van der Waals surface area contributed by atoms with Gasteiger partial charge in [0.2, 0.25) is 12.7 Å². The Bertz CT molecular complexity index is 1310. The summed E-state index contributed by atoms with van der Waals surface area (Å²) in [6.07, 6.45) is 1.56. The number of hydrogen-bond acceptors (Lipinski definition) is 6. The van der Waals surface area contributed by atoms with Crippen molar-refractivity contribution in [2.24, 2.45) is 0 Å². The Hall–Kier alpha value is -4.46. The van der Waals surface area contributed by atoms with E-state index < -0.39 is 0 Å². The Morgan fingerprint density at radius 3 is 2.73 bits per heavy atom. The van der Waals surface area contributed by atoms with Crippen LogP contribution >= 0.6 is 0 Å². The molecule has 33 heavy (non-hydrogen) atoms. The predicted octanol–water partition coefficient (Wildman–Crippen LogP) is 4.73. The summed E-state index contributed by atoms with van der Waals surface area (Å²) < 4.78 is 29.7. The normalized spacial score (nSPS) is 11.8. The van der Waals surface area contributed by atoms with Crippen molar-refractivity contribution in [3.63, 3.8) is 0 Å². The van der Waals surface area contributed by atoms with Gasteiger partial charge in [0, 0.05) is 29.9 Å². The van der Waals surface area contributed by atoms with Gasteiger partial charge in [0.25, 0.3) is 5.91 Å². The lowest BCUT2D eigenvalue weighted by molar-refractivity contribution is 0.0950. The summed E-state index contributed by atoms with van der Waals surface area (Å²) in [6.45, 7) is 0.545. The van der Waals surface area contributed by atoms with Gasteiger partial charge in [0.1, 0.15) is 11.6 Å². The minimum Gasteiger partial charge on any atom is -0.454 e. The Morgan fingerprint density at radius 1 is 1.00 bits per heavy atom. The number of aromatic nitrogens is 2. The number of fused-ring (bicyclic) bond motifs is 1. The lowest BCUT2D eigenvalue weighted by Gasteiger charge is -2.09. The van der Waals surface area contributed by atoms with Gasteiger partial charge in [-0.15, -0.1) is 0 Å². The number of benzene rings is 3. The molecule has 1 aromatic heterocycles. The van der Waals surface area contributed by atoms with Crippen molar-refractivity contribution in [2.45, 2.75) is 6.54 Å². The number of carbonyl (C=O) groups excluding carboxylic acids is 1. The van der Waals surface area contributed by atoms with Crippen LogP contribution in [0, 0.1) is 5.82 Å². The molecule has 0 spiro atoms. The van der Waals surface area contributed by atoms with Gasteiger partial charge < -0.3 is 19.5 Å². The molecule has 0 radical (unpaired) electrons. The minimum atomic E-state index is -0.334. The van der Waals surface area contributed by atoms with Gasteiger partial charge in [-0.3, -0.25) is 4.79 Å². The second-order valence-electron chi connectivity index (χ2n) is 7.23. The molecule has 5 rings (SSSR count). The van der Waals surface area contributed by atoms with E-state index in [0.29, 0.717) is 46.6 Å². The quantitative estimate of drug-likeness (QED) is 0.464. The maximum atomic E-state index is 13.2. The number of rotatable bonds is 6. The largest absolute Gasteiger partial charge is 0.454 e. The molecule has 1 amide bonds. The molecular formula is C25H18FN3O4. The highest BCUT2D eigenvalue weighted by Gasteiger charge is 2.14. The van der Waals surface area contributed by atoms with Crippen LogP contribution in [0.4, 0.5) is 4.39 Å². The summed E-state index contributed by atoms with van der Waals surface area (Å²) in [5, 5.41) is 2.89. The molecule has 3 aromatic carbocycles. The highest BCUT2D eigenvalue weighted by molar-refractivity contribution is 5.94. The van der Waals surface area contributed by atoms with Gasteiger partial charge in [0.05, 0.1) is 0 Å². The SMILES string of the molecule is O=C(NCc1ccc2c(c1)OCO2)c1cccc(Oc2ccnc(-c3ccc(F)cc3)n2)c1. The van der Waals surface area contributed by atoms with Crippen LogP contribution < -0.4 is 19.5 Å². The van der Waals surface area contributed by atoms with E-state index in [1.807, 2.05) is 18.2 Å². The molecule has 0 saturated heterocycles. The standard InChI is InChI=1S/C25H18FN3O4/c26-19-7-5-17(6-8-19)24-27-11-10-23(29-24)33-20-3-1-2-18(13-20)25(30)28-14-16-4-9-21-22(12-16)32-15-31-21/h1-13H,14-15H2,(H,28,30). The summed E-state index contributed by atoms with van der Waals surface area (Å²) in [5.41, 5.74) is 2.01. The summed E-state index contributed by atoms with van der Waals surface area (Å²) >= 11 is 0. The van der Waals surface area contributed by atoms with E-state index in [1.165, 1.54) is 12.1 Å². The Morgan fingerprint density at radius 2 is 1.85 bits per heavy atom. The molecule has 8 heteroatoms. The van der Waals surface area contributed by atoms with Crippen LogP contribution in [0.5, 0.6) is 23.1 Å². The van der Waals surface area contributed by atoms with E-state index in [4.69, 9.17) is 14.2 Å². The van der Waals surface area contributed by atoms with Crippen LogP contribution in [-0.4, -0.2) is 22.7 Å².